The maximum absolute atomic E-state index is 11.8. The number of sulfonamides is 1. The van der Waals surface area contributed by atoms with Crippen LogP contribution in [0.15, 0.2) is 39.7 Å². The van der Waals surface area contributed by atoms with Gasteiger partial charge in [-0.3, -0.25) is 0 Å². The molecule has 0 saturated heterocycles. The van der Waals surface area contributed by atoms with Crippen LogP contribution in [0.5, 0.6) is 0 Å². The molecule has 0 aromatic heterocycles. The summed E-state index contributed by atoms with van der Waals surface area (Å²) in [6.45, 7) is 0.591. The van der Waals surface area contributed by atoms with Gasteiger partial charge in [0.15, 0.2) is 0 Å². The van der Waals surface area contributed by atoms with Gasteiger partial charge >= 0.3 is 0 Å². The van der Waals surface area contributed by atoms with E-state index in [2.05, 4.69) is 20.7 Å². The molecule has 0 aliphatic heterocycles. The molecule has 94 valence electrons. The van der Waals surface area contributed by atoms with Gasteiger partial charge in [-0.2, -0.15) is 0 Å². The van der Waals surface area contributed by atoms with Crippen LogP contribution in [0.25, 0.3) is 0 Å². The zero-order valence-corrected chi connectivity index (χ0v) is 12.0. The van der Waals surface area contributed by atoms with E-state index in [9.17, 15) is 8.42 Å². The molecule has 0 spiro atoms. The minimum atomic E-state index is -3.51. The number of hydrogen-bond acceptors (Lipinski definition) is 3. The molecule has 0 aliphatic rings. The van der Waals surface area contributed by atoms with E-state index in [1.807, 2.05) is 0 Å². The summed E-state index contributed by atoms with van der Waals surface area (Å²) in [6, 6.07) is 4.43. The van der Waals surface area contributed by atoms with E-state index in [1.165, 1.54) is 18.2 Å². The Kier molecular flexibility index (Phi) is 5.61. The standard InChI is InChI=1S/C10H12BrClN2O2S/c11-9-7-8(3-4-10(9)12)17(15,16)14-6-2-1-5-13/h1-4,7,14H,5-6,13H2/b2-1+. The van der Waals surface area contributed by atoms with E-state index in [1.54, 1.807) is 12.2 Å². The molecular formula is C10H12BrClN2O2S. The van der Waals surface area contributed by atoms with Crippen LogP contribution in [0.3, 0.4) is 0 Å². The molecule has 1 aromatic rings. The lowest BCUT2D eigenvalue weighted by Gasteiger charge is -2.05. The third-order valence-electron chi connectivity index (χ3n) is 1.90. The third-order valence-corrected chi connectivity index (χ3v) is 4.53. The Hall–Kier alpha value is -0.400. The zero-order chi connectivity index (χ0) is 12.9. The predicted molar refractivity (Wildman–Crippen MR) is 72.5 cm³/mol. The normalized spacial score (nSPS) is 12.2. The third kappa shape index (κ3) is 4.40. The van der Waals surface area contributed by atoms with Crippen molar-refractivity contribution in [2.75, 3.05) is 13.1 Å². The molecular weight excluding hydrogens is 328 g/mol. The van der Waals surface area contributed by atoms with Gasteiger partial charge in [-0.25, -0.2) is 13.1 Å². The molecule has 0 saturated carbocycles. The van der Waals surface area contributed by atoms with Gasteiger partial charge in [0.2, 0.25) is 10.0 Å². The first-order valence-corrected chi connectivity index (χ1v) is 7.42. The van der Waals surface area contributed by atoms with Crippen molar-refractivity contribution >= 4 is 37.6 Å². The van der Waals surface area contributed by atoms with Gasteiger partial charge in [0.25, 0.3) is 0 Å². The number of nitrogens with two attached hydrogens (primary N) is 1. The molecule has 17 heavy (non-hydrogen) atoms. The average Bonchev–Trinajstić information content (AvgIpc) is 2.28. The largest absolute Gasteiger partial charge is 0.327 e. The second kappa shape index (κ2) is 6.51. The Morgan fingerprint density at radius 3 is 2.71 bits per heavy atom. The average molecular weight is 340 g/mol. The summed E-state index contributed by atoms with van der Waals surface area (Å²) in [5.41, 5.74) is 5.24. The first-order chi connectivity index (χ1) is 7.97. The fourth-order valence-electron chi connectivity index (χ4n) is 1.06. The molecule has 3 N–H and O–H groups in total. The van der Waals surface area contributed by atoms with Crippen molar-refractivity contribution in [3.63, 3.8) is 0 Å². The van der Waals surface area contributed by atoms with Crippen molar-refractivity contribution in [3.05, 3.63) is 39.8 Å². The summed E-state index contributed by atoms with van der Waals surface area (Å²) in [4.78, 5) is 0.162. The topological polar surface area (TPSA) is 72.2 Å². The van der Waals surface area contributed by atoms with E-state index in [4.69, 9.17) is 17.3 Å². The van der Waals surface area contributed by atoms with Crippen molar-refractivity contribution in [2.45, 2.75) is 4.90 Å². The Morgan fingerprint density at radius 1 is 1.41 bits per heavy atom. The smallest absolute Gasteiger partial charge is 0.240 e. The second-order valence-corrected chi connectivity index (χ2v) is 6.16. The number of nitrogens with one attached hydrogen (secondary N) is 1. The Morgan fingerprint density at radius 2 is 2.12 bits per heavy atom. The Bertz CT molecular complexity index is 517. The summed E-state index contributed by atoms with van der Waals surface area (Å²) in [5.74, 6) is 0. The summed E-state index contributed by atoms with van der Waals surface area (Å²) in [6.07, 6.45) is 3.34. The van der Waals surface area contributed by atoms with Gasteiger partial charge in [-0.05, 0) is 34.1 Å². The zero-order valence-electron chi connectivity index (χ0n) is 8.86. The second-order valence-electron chi connectivity index (χ2n) is 3.13. The van der Waals surface area contributed by atoms with Crippen molar-refractivity contribution in [1.82, 2.24) is 4.72 Å². The van der Waals surface area contributed by atoms with Crippen LogP contribution < -0.4 is 10.5 Å². The van der Waals surface area contributed by atoms with Crippen molar-refractivity contribution in [2.24, 2.45) is 5.73 Å². The van der Waals surface area contributed by atoms with Crippen molar-refractivity contribution in [1.29, 1.82) is 0 Å². The van der Waals surface area contributed by atoms with Crippen LogP contribution in [0, 0.1) is 0 Å². The van der Waals surface area contributed by atoms with E-state index in [-0.39, 0.29) is 11.4 Å². The van der Waals surface area contributed by atoms with E-state index >= 15 is 0 Å². The lowest BCUT2D eigenvalue weighted by Crippen LogP contribution is -2.23. The lowest BCUT2D eigenvalue weighted by atomic mass is 10.4. The quantitative estimate of drug-likeness (QED) is 0.805. The highest BCUT2D eigenvalue weighted by Gasteiger charge is 2.13. The number of rotatable bonds is 5. The molecule has 7 heteroatoms. The van der Waals surface area contributed by atoms with Gasteiger partial charge < -0.3 is 5.73 Å². The monoisotopic (exact) mass is 338 g/mol. The first kappa shape index (κ1) is 14.7. The van der Waals surface area contributed by atoms with Gasteiger partial charge in [-0.1, -0.05) is 23.8 Å². The summed E-state index contributed by atoms with van der Waals surface area (Å²) >= 11 is 8.97. The highest BCUT2D eigenvalue weighted by atomic mass is 79.9. The van der Waals surface area contributed by atoms with Crippen LogP contribution in [0.1, 0.15) is 0 Å². The van der Waals surface area contributed by atoms with Gasteiger partial charge in [0.05, 0.1) is 9.92 Å². The van der Waals surface area contributed by atoms with Crippen LogP contribution in [-0.2, 0) is 10.0 Å². The Labute approximate surface area is 114 Å². The minimum Gasteiger partial charge on any atom is -0.327 e. The molecule has 1 aromatic carbocycles. The molecule has 0 aliphatic carbocycles. The van der Waals surface area contributed by atoms with Crippen LogP contribution in [0.2, 0.25) is 5.02 Å². The maximum atomic E-state index is 11.8. The van der Waals surface area contributed by atoms with Crippen molar-refractivity contribution in [3.8, 4) is 0 Å². The van der Waals surface area contributed by atoms with Gasteiger partial charge in [0.1, 0.15) is 0 Å². The molecule has 0 heterocycles. The highest BCUT2D eigenvalue weighted by molar-refractivity contribution is 9.10. The summed E-state index contributed by atoms with van der Waals surface area (Å²) in [7, 11) is -3.51. The highest BCUT2D eigenvalue weighted by Crippen LogP contribution is 2.25. The number of halogens is 2. The molecule has 0 amide bonds. The van der Waals surface area contributed by atoms with Crippen LogP contribution >= 0.6 is 27.5 Å². The van der Waals surface area contributed by atoms with E-state index < -0.39 is 10.0 Å². The van der Waals surface area contributed by atoms with Gasteiger partial charge in [-0.15, -0.1) is 0 Å². The summed E-state index contributed by atoms with van der Waals surface area (Å²) in [5, 5.41) is 0.465. The minimum absolute atomic E-state index is 0.162. The van der Waals surface area contributed by atoms with E-state index in [0.717, 1.165) is 0 Å². The molecule has 0 bridgehead atoms. The number of benzene rings is 1. The first-order valence-electron chi connectivity index (χ1n) is 4.77. The molecule has 0 radical (unpaired) electrons. The summed E-state index contributed by atoms with van der Waals surface area (Å²) < 4.78 is 26.6. The van der Waals surface area contributed by atoms with Crippen molar-refractivity contribution < 1.29 is 8.42 Å². The van der Waals surface area contributed by atoms with Gasteiger partial charge in [0, 0.05) is 17.6 Å². The molecule has 1 rings (SSSR count). The fraction of sp³-hybridized carbons (Fsp3) is 0.200. The molecule has 0 fully saturated rings. The molecule has 0 atom stereocenters. The predicted octanol–water partition coefficient (Wildman–Crippen LogP) is 1.90. The Balaban J connectivity index is 2.82. The fourth-order valence-corrected chi connectivity index (χ4v) is 2.72. The lowest BCUT2D eigenvalue weighted by molar-refractivity contribution is 0.585. The maximum Gasteiger partial charge on any atom is 0.240 e. The molecule has 4 nitrogen and oxygen atoms in total. The molecule has 0 unspecified atom stereocenters. The van der Waals surface area contributed by atoms with Crippen LogP contribution in [-0.4, -0.2) is 21.5 Å². The van der Waals surface area contributed by atoms with Crippen LogP contribution in [0.4, 0.5) is 0 Å². The SMILES string of the molecule is NC/C=C/CNS(=O)(=O)c1ccc(Cl)c(Br)c1. The van der Waals surface area contributed by atoms with E-state index in [0.29, 0.717) is 16.0 Å². The number of hydrogen-bond donors (Lipinski definition) is 2.